The number of nitrogens with one attached hydrogen (secondary N) is 1. The Balaban J connectivity index is 1.83. The smallest absolute Gasteiger partial charge is 0.402 e. The zero-order valence-corrected chi connectivity index (χ0v) is 21.8. The second-order valence-corrected chi connectivity index (χ2v) is 12.7. The number of ketones is 1. The largest absolute Gasteiger partial charge is 0.496 e. The van der Waals surface area contributed by atoms with Crippen LogP contribution in [0.2, 0.25) is 0 Å². The molecule has 170 valence electrons. The van der Waals surface area contributed by atoms with Crippen molar-refractivity contribution in [3.05, 3.63) is 46.8 Å². The lowest BCUT2D eigenvalue weighted by atomic mass is 9.80. The summed E-state index contributed by atoms with van der Waals surface area (Å²) in [6, 6.07) is 6.20. The van der Waals surface area contributed by atoms with E-state index >= 15 is 0 Å². The Morgan fingerprint density at radius 1 is 1.16 bits per heavy atom. The van der Waals surface area contributed by atoms with Crippen molar-refractivity contribution in [2.24, 2.45) is 0 Å². The van der Waals surface area contributed by atoms with Gasteiger partial charge in [0.15, 0.2) is 11.3 Å². The Kier molecular flexibility index (Phi) is 5.87. The molecule has 4 rings (SSSR count). The van der Waals surface area contributed by atoms with E-state index in [4.69, 9.17) is 9.72 Å². The minimum Gasteiger partial charge on any atom is -0.496 e. The summed E-state index contributed by atoms with van der Waals surface area (Å²) >= 11 is 0. The molecular weight excluding hydrogens is 438 g/mol. The van der Waals surface area contributed by atoms with Crippen LogP contribution in [0.5, 0.6) is 5.75 Å². The van der Waals surface area contributed by atoms with Crippen molar-refractivity contribution in [2.75, 3.05) is 7.11 Å². The molecule has 0 atom stereocenters. The van der Waals surface area contributed by atoms with E-state index in [0.29, 0.717) is 5.25 Å². The van der Waals surface area contributed by atoms with E-state index in [1.54, 1.807) is 7.11 Å². The maximum absolute atomic E-state index is 13.0. The molecule has 0 amide bonds. The molecule has 2 aromatic heterocycles. The number of benzene rings is 1. The molecule has 1 aromatic carbocycles. The first-order chi connectivity index (χ1) is 15.0. The van der Waals surface area contributed by atoms with Crippen molar-refractivity contribution in [1.82, 2.24) is 9.97 Å². The highest BCUT2D eigenvalue weighted by Gasteiger charge is 2.50. The number of H-pyrrole nitrogens is 1. The Bertz CT molecular complexity index is 1160. The topological polar surface area (TPSA) is 58.9 Å². The number of pyridine rings is 1. The number of aromatic nitrogens is 3. The fourth-order valence-corrected chi connectivity index (χ4v) is 6.88. The molecule has 3 aromatic rings. The zero-order valence-electron chi connectivity index (χ0n) is 20.1. The van der Waals surface area contributed by atoms with Gasteiger partial charge in [-0.3, -0.25) is 4.79 Å². The fourth-order valence-electron chi connectivity index (χ4n) is 4.72. The van der Waals surface area contributed by atoms with Crippen molar-refractivity contribution >= 4 is 38.4 Å². The van der Waals surface area contributed by atoms with Crippen LogP contribution in [0, 0.1) is 6.92 Å². The maximum atomic E-state index is 13.0. The van der Waals surface area contributed by atoms with Crippen molar-refractivity contribution in [3.8, 4) is 11.7 Å². The Morgan fingerprint density at radius 3 is 2.44 bits per heavy atom. The lowest BCUT2D eigenvalue weighted by Gasteiger charge is -2.21. The second-order valence-electron chi connectivity index (χ2n) is 9.79. The van der Waals surface area contributed by atoms with Gasteiger partial charge in [-0.15, -0.1) is 0 Å². The SMILES string of the molecule is COc1cc[n+](-c2nc3cc4c(cc3[nH]2)C(C)(C)C(=O)C4(C)C)c(CSSC(C)C)c1C. The number of ether oxygens (including phenoxy) is 1. The third kappa shape index (κ3) is 3.63. The number of nitrogens with zero attached hydrogens (tertiary/aromatic N) is 2. The van der Waals surface area contributed by atoms with Crippen LogP contribution in [0.25, 0.3) is 17.0 Å². The van der Waals surface area contributed by atoms with Crippen LogP contribution in [-0.2, 0) is 21.4 Å². The highest BCUT2D eigenvalue weighted by atomic mass is 33.1. The van der Waals surface area contributed by atoms with Gasteiger partial charge in [-0.25, -0.2) is 9.55 Å². The average molecular weight is 471 g/mol. The highest BCUT2D eigenvalue weighted by molar-refractivity contribution is 8.76. The molecule has 0 bridgehead atoms. The summed E-state index contributed by atoms with van der Waals surface area (Å²) < 4.78 is 7.70. The van der Waals surface area contributed by atoms with Crippen LogP contribution in [0.3, 0.4) is 0 Å². The van der Waals surface area contributed by atoms with Gasteiger partial charge in [-0.05, 0) is 57.9 Å². The Labute approximate surface area is 198 Å². The molecule has 1 aliphatic carbocycles. The standard InChI is InChI=1S/C25H32N3O2S2/c1-14(2)32-31-13-20-15(3)21(30-8)9-10-28(20)23-26-18-11-16-17(12-19(18)27-23)25(6,7)22(29)24(16,4)5/h9-12,14H,13H2,1-8H3,(H,26,27)/q+1. The molecular formula is C25H32N3O2S2+. The monoisotopic (exact) mass is 470 g/mol. The summed E-state index contributed by atoms with van der Waals surface area (Å²) in [5.74, 6) is 2.76. The van der Waals surface area contributed by atoms with Crippen molar-refractivity contribution in [2.45, 2.75) is 70.3 Å². The van der Waals surface area contributed by atoms with Gasteiger partial charge >= 0.3 is 5.95 Å². The summed E-state index contributed by atoms with van der Waals surface area (Å²) in [7, 11) is 5.42. The summed E-state index contributed by atoms with van der Waals surface area (Å²) in [6.07, 6.45) is 2.02. The predicted molar refractivity (Wildman–Crippen MR) is 134 cm³/mol. The number of imidazole rings is 1. The van der Waals surface area contributed by atoms with Crippen LogP contribution in [0.1, 0.15) is 63.9 Å². The molecule has 0 fully saturated rings. The molecule has 0 radical (unpaired) electrons. The minimum atomic E-state index is -0.508. The quantitative estimate of drug-likeness (QED) is 0.376. The molecule has 1 aliphatic rings. The lowest BCUT2D eigenvalue weighted by Crippen LogP contribution is -2.37. The average Bonchev–Trinajstić information content (AvgIpc) is 3.20. The first-order valence-electron chi connectivity index (χ1n) is 10.9. The van der Waals surface area contributed by atoms with Gasteiger partial charge < -0.3 is 4.74 Å². The van der Waals surface area contributed by atoms with Crippen LogP contribution in [-0.4, -0.2) is 28.1 Å². The summed E-state index contributed by atoms with van der Waals surface area (Å²) in [4.78, 5) is 21.5. The molecule has 0 unspecified atom stereocenters. The summed E-state index contributed by atoms with van der Waals surface area (Å²) in [6.45, 7) is 14.6. The second kappa shape index (κ2) is 8.10. The van der Waals surface area contributed by atoms with Crippen LogP contribution in [0.15, 0.2) is 24.4 Å². The summed E-state index contributed by atoms with van der Waals surface area (Å²) in [5.41, 5.74) is 5.27. The molecule has 5 nitrogen and oxygen atoms in total. The normalized spacial score (nSPS) is 16.7. The van der Waals surface area contributed by atoms with Crippen molar-refractivity contribution in [1.29, 1.82) is 0 Å². The third-order valence-corrected chi connectivity index (χ3v) is 9.29. The predicted octanol–water partition coefficient (Wildman–Crippen LogP) is 5.58. The van der Waals surface area contributed by atoms with E-state index in [1.165, 1.54) is 0 Å². The number of hydrogen-bond donors (Lipinski definition) is 1. The van der Waals surface area contributed by atoms with Gasteiger partial charge in [-0.1, -0.05) is 40.4 Å². The molecule has 2 heterocycles. The number of Topliss-reactive ketones (excluding diaryl/α,β-unsaturated/α-hetero) is 1. The maximum Gasteiger partial charge on any atom is 0.402 e. The van der Waals surface area contributed by atoms with Gasteiger partial charge in [0.1, 0.15) is 17.0 Å². The van der Waals surface area contributed by atoms with E-state index in [-0.39, 0.29) is 5.78 Å². The molecule has 0 spiro atoms. The van der Waals surface area contributed by atoms with Gasteiger partial charge in [0.2, 0.25) is 0 Å². The van der Waals surface area contributed by atoms with E-state index in [0.717, 1.165) is 50.9 Å². The van der Waals surface area contributed by atoms with Gasteiger partial charge in [-0.2, -0.15) is 0 Å². The molecule has 32 heavy (non-hydrogen) atoms. The molecule has 1 N–H and O–H groups in total. The zero-order chi connectivity index (χ0) is 23.4. The first-order valence-corrected chi connectivity index (χ1v) is 13.3. The summed E-state index contributed by atoms with van der Waals surface area (Å²) in [5, 5.41) is 0.558. The number of methoxy groups -OCH3 is 1. The Morgan fingerprint density at radius 2 is 1.81 bits per heavy atom. The molecule has 0 saturated heterocycles. The molecule has 0 aliphatic heterocycles. The van der Waals surface area contributed by atoms with E-state index in [2.05, 4.69) is 42.5 Å². The first kappa shape index (κ1) is 23.2. The van der Waals surface area contributed by atoms with Crippen molar-refractivity contribution < 1.29 is 14.1 Å². The van der Waals surface area contributed by atoms with E-state index in [1.807, 2.05) is 61.5 Å². The van der Waals surface area contributed by atoms with E-state index < -0.39 is 10.8 Å². The number of aromatic amines is 1. The molecule has 7 heteroatoms. The van der Waals surface area contributed by atoms with Gasteiger partial charge in [0.05, 0.1) is 19.1 Å². The van der Waals surface area contributed by atoms with Gasteiger partial charge in [0.25, 0.3) is 0 Å². The number of rotatable bonds is 6. The van der Waals surface area contributed by atoms with Crippen molar-refractivity contribution in [3.63, 3.8) is 0 Å². The van der Waals surface area contributed by atoms with E-state index in [9.17, 15) is 4.79 Å². The minimum absolute atomic E-state index is 0.259. The van der Waals surface area contributed by atoms with Crippen LogP contribution in [0.4, 0.5) is 0 Å². The highest BCUT2D eigenvalue weighted by Crippen LogP contribution is 2.47. The number of carbonyl (C=O) groups excluding carboxylic acids is 1. The van der Waals surface area contributed by atoms with Crippen LogP contribution < -0.4 is 9.30 Å². The number of fused-ring (bicyclic) bond motifs is 2. The number of hydrogen-bond acceptors (Lipinski definition) is 5. The lowest BCUT2D eigenvalue weighted by molar-refractivity contribution is -0.610. The number of carbonyl (C=O) groups is 1. The fraction of sp³-hybridized carbons (Fsp3) is 0.480. The third-order valence-electron chi connectivity index (χ3n) is 6.46. The van der Waals surface area contributed by atoms with Gasteiger partial charge in [0, 0.05) is 27.7 Å². The van der Waals surface area contributed by atoms with Crippen LogP contribution >= 0.6 is 21.6 Å². The molecule has 0 saturated carbocycles. The Hall–Kier alpha value is -1.99.